The van der Waals surface area contributed by atoms with Gasteiger partial charge in [0.15, 0.2) is 0 Å². The van der Waals surface area contributed by atoms with E-state index in [2.05, 4.69) is 4.74 Å². The van der Waals surface area contributed by atoms with E-state index in [1.165, 1.54) is 0 Å². The predicted octanol–water partition coefficient (Wildman–Crippen LogP) is 1.42. The summed E-state index contributed by atoms with van der Waals surface area (Å²) in [5.74, 6) is -4.07. The smallest absolute Gasteiger partial charge is 0.337 e. The van der Waals surface area contributed by atoms with Crippen molar-refractivity contribution < 1.29 is 26.7 Å². The van der Waals surface area contributed by atoms with Gasteiger partial charge in [-0.2, -0.15) is 0 Å². The molecule has 0 saturated carbocycles. The second-order valence-electron chi connectivity index (χ2n) is 4.02. The highest BCUT2D eigenvalue weighted by atomic mass is 35.5. The first-order valence-electron chi connectivity index (χ1n) is 5.58. The molecular formula is C11H14Cl2F2N2O4S. The van der Waals surface area contributed by atoms with Crippen LogP contribution in [0.4, 0.5) is 8.78 Å². The molecule has 126 valence electrons. The molecule has 0 bridgehead atoms. The Morgan fingerprint density at radius 1 is 1.45 bits per heavy atom. The average molecular weight is 379 g/mol. The summed E-state index contributed by atoms with van der Waals surface area (Å²) < 4.78 is 55.9. The van der Waals surface area contributed by atoms with Crippen LogP contribution >= 0.6 is 24.0 Å². The van der Waals surface area contributed by atoms with Crippen LogP contribution in [0, 0.1) is 0 Å². The number of ether oxygens (including phenoxy) is 1. The van der Waals surface area contributed by atoms with Gasteiger partial charge in [0, 0.05) is 0 Å². The third kappa shape index (κ3) is 5.33. The molecule has 0 aliphatic carbocycles. The standard InChI is InChI=1S/C11H13ClF2N2O4S.ClH/c1-20-10(17)7-2-3-9(8(12)4-7)21(18,19)16-6-11(13,14)5-15;/h2-4,16H,5-6,15H2,1H3;1H. The number of carbonyl (C=O) groups excluding carboxylic acids is 1. The molecule has 0 fully saturated rings. The van der Waals surface area contributed by atoms with Gasteiger partial charge < -0.3 is 10.5 Å². The van der Waals surface area contributed by atoms with Gasteiger partial charge in [0.05, 0.1) is 30.8 Å². The number of halogens is 4. The zero-order valence-corrected chi connectivity index (χ0v) is 13.7. The second kappa shape index (κ2) is 8.02. The lowest BCUT2D eigenvalue weighted by Gasteiger charge is -2.15. The maximum Gasteiger partial charge on any atom is 0.337 e. The molecule has 3 N–H and O–H groups in total. The van der Waals surface area contributed by atoms with E-state index in [0.29, 0.717) is 0 Å². The number of nitrogens with two attached hydrogens (primary N) is 1. The van der Waals surface area contributed by atoms with Gasteiger partial charge in [-0.3, -0.25) is 0 Å². The van der Waals surface area contributed by atoms with Gasteiger partial charge in [0.1, 0.15) is 4.90 Å². The van der Waals surface area contributed by atoms with Crippen LogP contribution in [0.1, 0.15) is 10.4 Å². The van der Waals surface area contributed by atoms with Gasteiger partial charge in [-0.1, -0.05) is 11.6 Å². The molecule has 1 aromatic rings. The number of nitrogens with one attached hydrogen (secondary N) is 1. The first-order chi connectivity index (χ1) is 9.63. The highest BCUT2D eigenvalue weighted by Gasteiger charge is 2.30. The lowest BCUT2D eigenvalue weighted by molar-refractivity contribution is 0.0170. The normalized spacial score (nSPS) is 11.7. The summed E-state index contributed by atoms with van der Waals surface area (Å²) in [5, 5.41) is -0.290. The molecular weight excluding hydrogens is 365 g/mol. The zero-order chi connectivity index (χ0) is 16.3. The van der Waals surface area contributed by atoms with Crippen LogP contribution in [0.5, 0.6) is 0 Å². The summed E-state index contributed by atoms with van der Waals surface area (Å²) >= 11 is 5.76. The van der Waals surface area contributed by atoms with Crippen LogP contribution in [0.3, 0.4) is 0 Å². The number of hydrogen-bond donors (Lipinski definition) is 2. The van der Waals surface area contributed by atoms with Crippen molar-refractivity contribution in [2.45, 2.75) is 10.8 Å². The quantitative estimate of drug-likeness (QED) is 0.729. The molecule has 0 heterocycles. The third-order valence-electron chi connectivity index (χ3n) is 2.46. The molecule has 0 aliphatic rings. The van der Waals surface area contributed by atoms with Gasteiger partial charge in [-0.05, 0) is 18.2 Å². The molecule has 0 amide bonds. The number of esters is 1. The summed E-state index contributed by atoms with van der Waals surface area (Å²) in [7, 11) is -3.10. The number of alkyl halides is 2. The number of hydrogen-bond acceptors (Lipinski definition) is 5. The maximum absolute atomic E-state index is 13.0. The van der Waals surface area contributed by atoms with Crippen molar-refractivity contribution in [2.24, 2.45) is 5.73 Å². The number of rotatable bonds is 6. The van der Waals surface area contributed by atoms with Crippen LogP contribution in [0.2, 0.25) is 5.02 Å². The largest absolute Gasteiger partial charge is 0.465 e. The van der Waals surface area contributed by atoms with Crippen molar-refractivity contribution in [1.29, 1.82) is 0 Å². The van der Waals surface area contributed by atoms with E-state index < -0.39 is 39.9 Å². The van der Waals surface area contributed by atoms with Crippen LogP contribution in [-0.4, -0.2) is 40.5 Å². The van der Waals surface area contributed by atoms with Gasteiger partial charge in [0.25, 0.3) is 5.92 Å². The van der Waals surface area contributed by atoms with E-state index in [1.807, 2.05) is 0 Å². The molecule has 0 atom stereocenters. The minimum absolute atomic E-state index is 0. The Morgan fingerprint density at radius 3 is 2.50 bits per heavy atom. The van der Waals surface area contributed by atoms with Crippen molar-refractivity contribution in [3.05, 3.63) is 28.8 Å². The molecule has 22 heavy (non-hydrogen) atoms. The van der Waals surface area contributed by atoms with E-state index in [9.17, 15) is 22.0 Å². The number of benzene rings is 1. The first kappa shape index (κ1) is 21.0. The fourth-order valence-corrected chi connectivity index (χ4v) is 2.92. The van der Waals surface area contributed by atoms with Gasteiger partial charge in [0.2, 0.25) is 10.0 Å². The average Bonchev–Trinajstić information content (AvgIpc) is 2.44. The van der Waals surface area contributed by atoms with Gasteiger partial charge >= 0.3 is 5.97 Å². The lowest BCUT2D eigenvalue weighted by atomic mass is 10.2. The molecule has 0 saturated heterocycles. The highest BCUT2D eigenvalue weighted by molar-refractivity contribution is 7.89. The number of carbonyl (C=O) groups is 1. The Balaban J connectivity index is 0.00000441. The lowest BCUT2D eigenvalue weighted by Crippen LogP contribution is -2.41. The minimum Gasteiger partial charge on any atom is -0.465 e. The Hall–Kier alpha value is -1.00. The third-order valence-corrected chi connectivity index (χ3v) is 4.35. The van der Waals surface area contributed by atoms with Gasteiger partial charge in [-0.25, -0.2) is 26.7 Å². The molecule has 0 unspecified atom stereocenters. The summed E-state index contributed by atoms with van der Waals surface area (Å²) in [4.78, 5) is 10.8. The van der Waals surface area contributed by atoms with Gasteiger partial charge in [-0.15, -0.1) is 12.4 Å². The van der Waals surface area contributed by atoms with Crippen molar-refractivity contribution in [1.82, 2.24) is 4.72 Å². The Bertz CT molecular complexity index is 641. The Kier molecular flexibility index (Phi) is 7.66. The van der Waals surface area contributed by atoms with E-state index in [0.717, 1.165) is 25.3 Å². The van der Waals surface area contributed by atoms with E-state index in [-0.39, 0.29) is 23.0 Å². The number of methoxy groups -OCH3 is 1. The predicted molar refractivity (Wildman–Crippen MR) is 79.2 cm³/mol. The van der Waals surface area contributed by atoms with Crippen LogP contribution in [-0.2, 0) is 14.8 Å². The van der Waals surface area contributed by atoms with Crippen LogP contribution in [0.25, 0.3) is 0 Å². The van der Waals surface area contributed by atoms with E-state index in [1.54, 1.807) is 4.72 Å². The summed E-state index contributed by atoms with van der Waals surface area (Å²) in [5.41, 5.74) is 4.85. The maximum atomic E-state index is 13.0. The SMILES string of the molecule is COC(=O)c1ccc(S(=O)(=O)NCC(F)(F)CN)c(Cl)c1.Cl. The first-order valence-corrected chi connectivity index (χ1v) is 7.44. The fraction of sp³-hybridized carbons (Fsp3) is 0.364. The molecule has 0 aromatic heterocycles. The Labute approximate surface area is 137 Å². The molecule has 6 nitrogen and oxygen atoms in total. The van der Waals surface area contributed by atoms with Crippen molar-refractivity contribution in [3.63, 3.8) is 0 Å². The minimum atomic E-state index is -4.25. The highest BCUT2D eigenvalue weighted by Crippen LogP contribution is 2.23. The molecule has 11 heteroatoms. The van der Waals surface area contributed by atoms with E-state index >= 15 is 0 Å². The van der Waals surface area contributed by atoms with Crippen molar-refractivity contribution >= 4 is 40.0 Å². The monoisotopic (exact) mass is 378 g/mol. The molecule has 1 rings (SSSR count). The summed E-state index contributed by atoms with van der Waals surface area (Å²) in [6.07, 6.45) is 0. The van der Waals surface area contributed by atoms with Crippen LogP contribution < -0.4 is 10.5 Å². The summed E-state index contributed by atoms with van der Waals surface area (Å²) in [6, 6.07) is 3.26. The van der Waals surface area contributed by atoms with Crippen molar-refractivity contribution in [3.8, 4) is 0 Å². The molecule has 0 radical (unpaired) electrons. The van der Waals surface area contributed by atoms with Crippen LogP contribution in [0.15, 0.2) is 23.1 Å². The fourth-order valence-electron chi connectivity index (χ4n) is 1.31. The second-order valence-corrected chi connectivity index (χ2v) is 6.16. The zero-order valence-electron chi connectivity index (χ0n) is 11.3. The number of sulfonamides is 1. The summed E-state index contributed by atoms with van der Waals surface area (Å²) in [6.45, 7) is -2.15. The topological polar surface area (TPSA) is 98.5 Å². The molecule has 0 aliphatic heterocycles. The molecule has 0 spiro atoms. The van der Waals surface area contributed by atoms with E-state index in [4.69, 9.17) is 17.3 Å². The molecule has 1 aromatic carbocycles. The Morgan fingerprint density at radius 2 is 2.05 bits per heavy atom. The van der Waals surface area contributed by atoms with Crippen molar-refractivity contribution in [2.75, 3.05) is 20.2 Å².